The molecule has 2 atom stereocenters. The molecule has 0 aliphatic heterocycles. The van der Waals surface area contributed by atoms with Gasteiger partial charge in [0.25, 0.3) is 0 Å². The summed E-state index contributed by atoms with van der Waals surface area (Å²) in [4.78, 5) is 0. The molecule has 0 heterocycles. The summed E-state index contributed by atoms with van der Waals surface area (Å²) in [5.41, 5.74) is 0.608. The number of aliphatic hydroxyl groups is 1. The van der Waals surface area contributed by atoms with Gasteiger partial charge in [0.1, 0.15) is 0 Å². The third-order valence-corrected chi connectivity index (χ3v) is 21.1. The van der Waals surface area contributed by atoms with E-state index in [-0.39, 0.29) is 5.41 Å². The molecule has 0 amide bonds. The fraction of sp³-hybridized carbons (Fsp3) is 0.692. The second-order valence-electron chi connectivity index (χ2n) is 9.73. The average Bonchev–Trinajstić information content (AvgIpc) is 3.04. The first kappa shape index (κ1) is 24.0. The molecule has 1 N–H and O–H groups in total. The fourth-order valence-corrected chi connectivity index (χ4v) is 19.8. The molecule has 1 fully saturated rings. The molecule has 1 aliphatic carbocycles. The predicted molar refractivity (Wildman–Crippen MR) is 126 cm³/mol. The van der Waals surface area contributed by atoms with Gasteiger partial charge in [-0.25, -0.2) is 0 Å². The first-order valence-corrected chi connectivity index (χ1v) is 19.6. The van der Waals surface area contributed by atoms with Crippen molar-refractivity contribution in [3.05, 3.63) is 46.1 Å². The van der Waals surface area contributed by atoms with Crippen LogP contribution < -0.4 is 0 Å². The molecule has 158 valence electrons. The van der Waals surface area contributed by atoms with Crippen molar-refractivity contribution in [3.63, 3.8) is 0 Å². The van der Waals surface area contributed by atoms with Crippen molar-refractivity contribution in [1.29, 1.82) is 0 Å². The van der Waals surface area contributed by atoms with E-state index in [1.54, 1.807) is 0 Å². The molecule has 0 saturated heterocycles. The fourth-order valence-electron chi connectivity index (χ4n) is 5.06. The van der Waals surface area contributed by atoms with E-state index in [2.05, 4.69) is 62.1 Å². The Balaban J connectivity index is 2.19. The van der Waals surface area contributed by atoms with Crippen LogP contribution in [0.3, 0.4) is 0 Å². The van der Waals surface area contributed by atoms with Crippen LogP contribution in [0.2, 0.25) is 13.3 Å². The number of benzene rings is 1. The van der Waals surface area contributed by atoms with Gasteiger partial charge in [-0.05, 0) is 0 Å². The van der Waals surface area contributed by atoms with Crippen molar-refractivity contribution in [2.24, 2.45) is 5.41 Å². The molecular weight excluding hydrogens is 447 g/mol. The van der Waals surface area contributed by atoms with Gasteiger partial charge in [0, 0.05) is 0 Å². The van der Waals surface area contributed by atoms with Gasteiger partial charge in [-0.15, -0.1) is 0 Å². The monoisotopic (exact) mass is 492 g/mol. The van der Waals surface area contributed by atoms with E-state index in [1.807, 2.05) is 6.07 Å². The Morgan fingerprint density at radius 3 is 1.93 bits per heavy atom. The molecule has 0 unspecified atom stereocenters. The Morgan fingerprint density at radius 2 is 1.43 bits per heavy atom. The summed E-state index contributed by atoms with van der Waals surface area (Å²) in [5.74, 6) is 0. The Hall–Kier alpha value is -0.281. The van der Waals surface area contributed by atoms with Gasteiger partial charge in [0.15, 0.2) is 0 Å². The molecule has 1 aliphatic rings. The molecule has 1 nitrogen and oxygen atoms in total. The third kappa shape index (κ3) is 6.62. The normalized spacial score (nSPS) is 25.6. The molecule has 0 spiro atoms. The Morgan fingerprint density at radius 1 is 0.893 bits per heavy atom. The van der Waals surface area contributed by atoms with E-state index in [4.69, 9.17) is 0 Å². The van der Waals surface area contributed by atoms with E-state index in [1.165, 1.54) is 51.8 Å². The van der Waals surface area contributed by atoms with Crippen molar-refractivity contribution in [2.45, 2.75) is 104 Å². The minimum absolute atomic E-state index is 0.150. The number of rotatable bonds is 12. The zero-order valence-electron chi connectivity index (χ0n) is 19.0. The topological polar surface area (TPSA) is 20.2 Å². The van der Waals surface area contributed by atoms with Gasteiger partial charge in [-0.3, -0.25) is 0 Å². The average molecular weight is 491 g/mol. The number of hydrogen-bond acceptors (Lipinski definition) is 1. The van der Waals surface area contributed by atoms with Gasteiger partial charge < -0.3 is 0 Å². The zero-order chi connectivity index (χ0) is 20.5. The Kier molecular flexibility index (Phi) is 9.60. The Bertz CT molecular complexity index is 574. The van der Waals surface area contributed by atoms with Crippen molar-refractivity contribution in [1.82, 2.24) is 0 Å². The molecular formula is C26H44OSn. The molecule has 0 aromatic heterocycles. The van der Waals surface area contributed by atoms with Crippen LogP contribution in [-0.4, -0.2) is 23.5 Å². The maximum absolute atomic E-state index is 11.3. The summed E-state index contributed by atoms with van der Waals surface area (Å²) < 4.78 is 7.40. The van der Waals surface area contributed by atoms with Gasteiger partial charge in [0.05, 0.1) is 0 Å². The van der Waals surface area contributed by atoms with Crippen LogP contribution in [0.5, 0.6) is 0 Å². The standard InChI is InChI=1S/C14H17O.3C4H9.Sn/c1-3-13(2)9-10-14(15,11-13)12-7-5-4-6-8-12;3*1-3-4-2;/h1,3-8,15H,9-11H2,2H3;3*1,3-4H2,2H3;/t13-,14-;;;;/m0..../s1. The van der Waals surface area contributed by atoms with Crippen LogP contribution in [0.25, 0.3) is 0 Å². The van der Waals surface area contributed by atoms with E-state index < -0.39 is 24.0 Å². The van der Waals surface area contributed by atoms with Crippen LogP contribution >= 0.6 is 0 Å². The summed E-state index contributed by atoms with van der Waals surface area (Å²) in [5, 5.41) is 11.3. The molecule has 2 rings (SSSR count). The minimum atomic E-state index is -2.24. The van der Waals surface area contributed by atoms with E-state index >= 15 is 0 Å². The van der Waals surface area contributed by atoms with Crippen LogP contribution in [-0.2, 0) is 5.60 Å². The second kappa shape index (κ2) is 11.2. The van der Waals surface area contributed by atoms with Gasteiger partial charge in [-0.2, -0.15) is 0 Å². The van der Waals surface area contributed by atoms with Crippen molar-refractivity contribution >= 4 is 18.4 Å². The molecule has 0 bridgehead atoms. The first-order chi connectivity index (χ1) is 13.4. The van der Waals surface area contributed by atoms with Crippen LogP contribution in [0.1, 0.15) is 91.0 Å². The second-order valence-corrected chi connectivity index (χ2v) is 22.7. The van der Waals surface area contributed by atoms with Crippen molar-refractivity contribution in [3.8, 4) is 0 Å². The van der Waals surface area contributed by atoms with Gasteiger partial charge in [-0.1, -0.05) is 0 Å². The SMILES string of the molecule is CCC[CH2][Sn](/[CH]=C\[C@@]1(C)CC[C@@](O)(c2ccccc2)C1)([CH2]CCC)[CH2]CCC. The summed E-state index contributed by atoms with van der Waals surface area (Å²) >= 11 is -2.24. The molecule has 0 radical (unpaired) electrons. The number of unbranched alkanes of at least 4 members (excludes halogenated alkanes) is 3. The van der Waals surface area contributed by atoms with Gasteiger partial charge >= 0.3 is 179 Å². The zero-order valence-corrected chi connectivity index (χ0v) is 21.8. The van der Waals surface area contributed by atoms with E-state index in [0.29, 0.717) is 0 Å². The number of hydrogen-bond donors (Lipinski definition) is 1. The van der Waals surface area contributed by atoms with Crippen LogP contribution in [0.15, 0.2) is 40.5 Å². The van der Waals surface area contributed by atoms with E-state index in [9.17, 15) is 5.11 Å². The number of allylic oxidation sites excluding steroid dienone is 1. The molecule has 1 saturated carbocycles. The summed E-state index contributed by atoms with van der Waals surface area (Å²) in [6, 6.07) is 10.4. The quantitative estimate of drug-likeness (QED) is 0.294. The molecule has 28 heavy (non-hydrogen) atoms. The molecule has 1 aromatic carbocycles. The summed E-state index contributed by atoms with van der Waals surface area (Å²) in [6.45, 7) is 9.43. The Labute approximate surface area is 178 Å². The molecule has 1 aromatic rings. The maximum atomic E-state index is 11.3. The van der Waals surface area contributed by atoms with Crippen molar-refractivity contribution in [2.75, 3.05) is 0 Å². The molecule has 2 heteroatoms. The first-order valence-electron chi connectivity index (χ1n) is 11.9. The summed E-state index contributed by atoms with van der Waals surface area (Å²) in [7, 11) is 0. The van der Waals surface area contributed by atoms with Crippen molar-refractivity contribution < 1.29 is 5.11 Å². The van der Waals surface area contributed by atoms with Gasteiger partial charge in [0.2, 0.25) is 0 Å². The van der Waals surface area contributed by atoms with Crippen LogP contribution in [0.4, 0.5) is 0 Å². The van der Waals surface area contributed by atoms with Crippen LogP contribution in [0, 0.1) is 5.41 Å². The summed E-state index contributed by atoms with van der Waals surface area (Å²) in [6.07, 6.45) is 13.7. The predicted octanol–water partition coefficient (Wildman–Crippen LogP) is 8.01. The van der Waals surface area contributed by atoms with E-state index in [0.717, 1.165) is 24.8 Å². The third-order valence-electron chi connectivity index (χ3n) is 7.04.